The summed E-state index contributed by atoms with van der Waals surface area (Å²) >= 11 is 0. The summed E-state index contributed by atoms with van der Waals surface area (Å²) in [5.41, 5.74) is 1.92. The van der Waals surface area contributed by atoms with Gasteiger partial charge in [0.15, 0.2) is 5.82 Å². The summed E-state index contributed by atoms with van der Waals surface area (Å²) in [6.07, 6.45) is 3.47. The van der Waals surface area contributed by atoms with Crippen molar-refractivity contribution in [1.82, 2.24) is 19.9 Å². The molecular weight excluding hydrogens is 218 g/mol. The van der Waals surface area contributed by atoms with Crippen LogP contribution in [0.4, 0.5) is 5.95 Å². The maximum atomic E-state index is 5.04. The topological polar surface area (TPSA) is 72.8 Å². The first-order chi connectivity index (χ1) is 8.24. The molecule has 0 amide bonds. The molecule has 0 saturated carbocycles. The number of hydrogen-bond acceptors (Lipinski definition) is 6. The Bertz CT molecular complexity index is 507. The van der Waals surface area contributed by atoms with Gasteiger partial charge < -0.3 is 10.1 Å². The van der Waals surface area contributed by atoms with Gasteiger partial charge in [-0.1, -0.05) is 0 Å². The van der Waals surface area contributed by atoms with Gasteiger partial charge in [-0.05, 0) is 18.6 Å². The van der Waals surface area contributed by atoms with Crippen molar-refractivity contribution in [2.45, 2.75) is 6.92 Å². The number of nitrogens with zero attached hydrogens (tertiary/aromatic N) is 4. The fourth-order valence-corrected chi connectivity index (χ4v) is 1.40. The molecule has 0 fully saturated rings. The van der Waals surface area contributed by atoms with Gasteiger partial charge in [-0.3, -0.25) is 4.98 Å². The number of rotatable bonds is 3. The van der Waals surface area contributed by atoms with Gasteiger partial charge in [0.25, 0.3) is 0 Å². The molecule has 0 radical (unpaired) electrons. The molecule has 0 atom stereocenters. The molecule has 0 saturated heterocycles. The summed E-state index contributed by atoms with van der Waals surface area (Å²) < 4.78 is 5.04. The van der Waals surface area contributed by atoms with Crippen LogP contribution in [0.1, 0.15) is 5.56 Å². The highest BCUT2D eigenvalue weighted by Crippen LogP contribution is 2.20. The second-order valence-electron chi connectivity index (χ2n) is 3.41. The van der Waals surface area contributed by atoms with E-state index >= 15 is 0 Å². The molecule has 88 valence electrons. The number of anilines is 1. The second-order valence-corrected chi connectivity index (χ2v) is 3.41. The molecule has 0 aliphatic rings. The van der Waals surface area contributed by atoms with Gasteiger partial charge in [0, 0.05) is 25.0 Å². The average molecular weight is 231 g/mol. The molecule has 0 aromatic carbocycles. The fourth-order valence-electron chi connectivity index (χ4n) is 1.40. The number of ether oxygens (including phenoxy) is 1. The lowest BCUT2D eigenvalue weighted by molar-refractivity contribution is 0.379. The summed E-state index contributed by atoms with van der Waals surface area (Å²) in [5, 5.41) is 2.87. The van der Waals surface area contributed by atoms with Gasteiger partial charge in [-0.2, -0.15) is 15.0 Å². The van der Waals surface area contributed by atoms with Crippen molar-refractivity contribution >= 4 is 5.95 Å². The van der Waals surface area contributed by atoms with E-state index in [2.05, 4.69) is 25.3 Å². The van der Waals surface area contributed by atoms with Crippen LogP contribution < -0.4 is 10.1 Å². The quantitative estimate of drug-likeness (QED) is 0.858. The molecule has 6 nitrogen and oxygen atoms in total. The first-order valence-corrected chi connectivity index (χ1v) is 5.13. The van der Waals surface area contributed by atoms with E-state index in [4.69, 9.17) is 4.74 Å². The summed E-state index contributed by atoms with van der Waals surface area (Å²) in [6, 6.07) is 2.15. The Morgan fingerprint density at radius 2 is 2.06 bits per heavy atom. The Morgan fingerprint density at radius 1 is 1.24 bits per heavy atom. The second kappa shape index (κ2) is 4.73. The lowest BCUT2D eigenvalue weighted by Gasteiger charge is -2.07. The molecule has 1 N–H and O–H groups in total. The minimum atomic E-state index is 0.288. The van der Waals surface area contributed by atoms with E-state index < -0.39 is 0 Å². The summed E-state index contributed by atoms with van der Waals surface area (Å²) in [5.74, 6) is 1.05. The van der Waals surface area contributed by atoms with E-state index in [9.17, 15) is 0 Å². The lowest BCUT2D eigenvalue weighted by atomic mass is 10.1. The molecule has 17 heavy (non-hydrogen) atoms. The maximum Gasteiger partial charge on any atom is 0.321 e. The summed E-state index contributed by atoms with van der Waals surface area (Å²) in [6.45, 7) is 1.96. The predicted octanol–water partition coefficient (Wildman–Crippen LogP) is 1.29. The Hall–Kier alpha value is -2.24. The Morgan fingerprint density at radius 3 is 2.71 bits per heavy atom. The van der Waals surface area contributed by atoms with Crippen molar-refractivity contribution < 1.29 is 4.74 Å². The van der Waals surface area contributed by atoms with Crippen molar-refractivity contribution in [1.29, 1.82) is 0 Å². The zero-order chi connectivity index (χ0) is 12.3. The van der Waals surface area contributed by atoms with Crippen LogP contribution in [0.5, 0.6) is 6.01 Å². The Labute approximate surface area is 99.1 Å². The number of pyridine rings is 1. The molecule has 0 aliphatic heterocycles. The third-order valence-corrected chi connectivity index (χ3v) is 2.28. The van der Waals surface area contributed by atoms with Gasteiger partial charge in [-0.25, -0.2) is 0 Å². The van der Waals surface area contributed by atoms with Gasteiger partial charge >= 0.3 is 6.01 Å². The molecular formula is C11H13N5O. The molecule has 0 unspecified atom stereocenters. The molecule has 0 spiro atoms. The zero-order valence-corrected chi connectivity index (χ0v) is 9.93. The molecule has 2 rings (SSSR count). The summed E-state index contributed by atoms with van der Waals surface area (Å²) in [7, 11) is 3.27. The number of aromatic nitrogens is 4. The predicted molar refractivity (Wildman–Crippen MR) is 63.9 cm³/mol. The highest BCUT2D eigenvalue weighted by atomic mass is 16.5. The van der Waals surface area contributed by atoms with Gasteiger partial charge in [0.05, 0.1) is 7.11 Å². The fraction of sp³-hybridized carbons (Fsp3) is 0.273. The first kappa shape index (κ1) is 11.3. The third-order valence-electron chi connectivity index (χ3n) is 2.28. The van der Waals surface area contributed by atoms with E-state index in [1.807, 2.05) is 13.0 Å². The largest absolute Gasteiger partial charge is 0.467 e. The highest BCUT2D eigenvalue weighted by Gasteiger charge is 2.09. The maximum absolute atomic E-state index is 5.04. The minimum absolute atomic E-state index is 0.288. The lowest BCUT2D eigenvalue weighted by Crippen LogP contribution is -2.03. The normalized spacial score (nSPS) is 10.1. The first-order valence-electron chi connectivity index (χ1n) is 5.13. The number of nitrogens with one attached hydrogen (secondary N) is 1. The van der Waals surface area contributed by atoms with Crippen LogP contribution in [-0.2, 0) is 0 Å². The van der Waals surface area contributed by atoms with E-state index in [0.29, 0.717) is 11.8 Å². The van der Waals surface area contributed by atoms with Crippen molar-refractivity contribution in [3.05, 3.63) is 24.0 Å². The summed E-state index contributed by atoms with van der Waals surface area (Å²) in [4.78, 5) is 16.6. The molecule has 0 bridgehead atoms. The molecule has 0 aliphatic carbocycles. The van der Waals surface area contributed by atoms with Crippen LogP contribution in [0.25, 0.3) is 11.4 Å². The van der Waals surface area contributed by atoms with Crippen LogP contribution in [0.3, 0.4) is 0 Å². The van der Waals surface area contributed by atoms with Crippen molar-refractivity contribution in [2.75, 3.05) is 19.5 Å². The molecule has 6 heteroatoms. The molecule has 2 heterocycles. The van der Waals surface area contributed by atoms with E-state index in [0.717, 1.165) is 11.1 Å². The van der Waals surface area contributed by atoms with E-state index in [-0.39, 0.29) is 6.01 Å². The zero-order valence-electron chi connectivity index (χ0n) is 9.93. The number of aryl methyl sites for hydroxylation is 1. The molecule has 2 aromatic rings. The number of hydrogen-bond donors (Lipinski definition) is 1. The van der Waals surface area contributed by atoms with Crippen LogP contribution >= 0.6 is 0 Å². The Kier molecular flexibility index (Phi) is 3.13. The molecule has 2 aromatic heterocycles. The van der Waals surface area contributed by atoms with Crippen LogP contribution in [0, 0.1) is 6.92 Å². The van der Waals surface area contributed by atoms with Gasteiger partial charge in [0.2, 0.25) is 5.95 Å². The average Bonchev–Trinajstić information content (AvgIpc) is 2.38. The van der Waals surface area contributed by atoms with Crippen molar-refractivity contribution in [3.8, 4) is 17.4 Å². The van der Waals surface area contributed by atoms with Crippen molar-refractivity contribution in [2.24, 2.45) is 0 Å². The monoisotopic (exact) mass is 231 g/mol. The van der Waals surface area contributed by atoms with Crippen LogP contribution in [-0.4, -0.2) is 34.1 Å². The van der Waals surface area contributed by atoms with Gasteiger partial charge in [-0.15, -0.1) is 0 Å². The van der Waals surface area contributed by atoms with Crippen molar-refractivity contribution in [3.63, 3.8) is 0 Å². The SMILES string of the molecule is CNc1nc(OC)nc(-c2ccncc2C)n1. The standard InChI is InChI=1S/C11H13N5O/c1-7-6-13-5-4-8(7)9-14-10(12-2)16-11(15-9)17-3/h4-6H,1-3H3,(H,12,14,15,16). The third kappa shape index (κ3) is 2.30. The Balaban J connectivity index is 2.55. The smallest absolute Gasteiger partial charge is 0.321 e. The van der Waals surface area contributed by atoms with Crippen LogP contribution in [0.2, 0.25) is 0 Å². The minimum Gasteiger partial charge on any atom is -0.467 e. The van der Waals surface area contributed by atoms with E-state index in [1.165, 1.54) is 7.11 Å². The highest BCUT2D eigenvalue weighted by molar-refractivity contribution is 5.59. The van der Waals surface area contributed by atoms with Crippen LogP contribution in [0.15, 0.2) is 18.5 Å². The number of methoxy groups -OCH3 is 1. The van der Waals surface area contributed by atoms with Gasteiger partial charge in [0.1, 0.15) is 0 Å². The van der Waals surface area contributed by atoms with E-state index in [1.54, 1.807) is 19.4 Å².